The molecule has 2 amide bonds. The molecule has 0 bridgehead atoms. The van der Waals surface area contributed by atoms with E-state index in [0.29, 0.717) is 11.6 Å². The first-order chi connectivity index (χ1) is 11.6. The molecular formula is C16H18N6OS. The molecule has 0 aromatic carbocycles. The summed E-state index contributed by atoms with van der Waals surface area (Å²) in [6.45, 7) is 1.93. The molecule has 8 heteroatoms. The van der Waals surface area contributed by atoms with Crippen LogP contribution in [0.3, 0.4) is 0 Å². The molecule has 1 saturated carbocycles. The van der Waals surface area contributed by atoms with Gasteiger partial charge in [0.15, 0.2) is 5.65 Å². The van der Waals surface area contributed by atoms with Crippen LogP contribution in [0.1, 0.15) is 29.6 Å². The van der Waals surface area contributed by atoms with Gasteiger partial charge in [0, 0.05) is 24.0 Å². The van der Waals surface area contributed by atoms with Gasteiger partial charge in [0.05, 0.1) is 23.6 Å². The van der Waals surface area contributed by atoms with Crippen LogP contribution in [0.2, 0.25) is 0 Å². The van der Waals surface area contributed by atoms with Gasteiger partial charge in [-0.3, -0.25) is 4.68 Å². The highest BCUT2D eigenvalue weighted by Gasteiger charge is 2.35. The van der Waals surface area contributed by atoms with E-state index in [1.807, 2.05) is 25.4 Å². The number of rotatable bonds is 4. The van der Waals surface area contributed by atoms with E-state index in [4.69, 9.17) is 0 Å². The Labute approximate surface area is 143 Å². The molecule has 124 valence electrons. The maximum absolute atomic E-state index is 12.4. The first-order valence-electron chi connectivity index (χ1n) is 7.88. The van der Waals surface area contributed by atoms with E-state index in [-0.39, 0.29) is 12.1 Å². The van der Waals surface area contributed by atoms with Crippen LogP contribution in [-0.4, -0.2) is 25.8 Å². The van der Waals surface area contributed by atoms with Gasteiger partial charge >= 0.3 is 6.03 Å². The fourth-order valence-corrected chi connectivity index (χ4v) is 3.66. The minimum absolute atomic E-state index is 0.0122. The van der Waals surface area contributed by atoms with Gasteiger partial charge in [-0.2, -0.15) is 5.10 Å². The minimum atomic E-state index is -0.232. The van der Waals surface area contributed by atoms with Crippen LogP contribution in [0.5, 0.6) is 0 Å². The Balaban J connectivity index is 1.50. The molecular weight excluding hydrogens is 324 g/mol. The van der Waals surface area contributed by atoms with Gasteiger partial charge in [0.2, 0.25) is 0 Å². The Hall–Kier alpha value is -2.48. The fraction of sp³-hybridized carbons (Fsp3) is 0.375. The van der Waals surface area contributed by atoms with Crippen molar-refractivity contribution in [2.75, 3.05) is 5.32 Å². The van der Waals surface area contributed by atoms with Crippen molar-refractivity contribution in [3.8, 4) is 0 Å². The highest BCUT2D eigenvalue weighted by molar-refractivity contribution is 7.09. The maximum atomic E-state index is 12.4. The average molecular weight is 342 g/mol. The van der Waals surface area contributed by atoms with E-state index >= 15 is 0 Å². The lowest BCUT2D eigenvalue weighted by Crippen LogP contribution is -2.33. The Morgan fingerprint density at radius 3 is 2.96 bits per heavy atom. The van der Waals surface area contributed by atoms with Crippen LogP contribution in [0.4, 0.5) is 10.5 Å². The summed E-state index contributed by atoms with van der Waals surface area (Å²) in [7, 11) is 1.86. The molecule has 1 unspecified atom stereocenters. The number of hydrogen-bond donors (Lipinski definition) is 2. The predicted molar refractivity (Wildman–Crippen MR) is 93.0 cm³/mol. The monoisotopic (exact) mass is 342 g/mol. The number of aromatic nitrogens is 4. The molecule has 3 aromatic heterocycles. The quantitative estimate of drug-likeness (QED) is 0.763. The first kappa shape index (κ1) is 15.1. The second kappa shape index (κ2) is 5.86. The zero-order chi connectivity index (χ0) is 16.7. The number of carbonyl (C=O) groups excluding carboxylic acids is 1. The van der Waals surface area contributed by atoms with Gasteiger partial charge in [-0.15, -0.1) is 11.3 Å². The molecule has 0 saturated heterocycles. The highest BCUT2D eigenvalue weighted by atomic mass is 32.1. The molecule has 1 atom stereocenters. The van der Waals surface area contributed by atoms with Crippen molar-refractivity contribution in [3.05, 3.63) is 34.5 Å². The van der Waals surface area contributed by atoms with Gasteiger partial charge in [0.1, 0.15) is 5.01 Å². The van der Waals surface area contributed by atoms with Crippen LogP contribution in [0.25, 0.3) is 11.0 Å². The molecule has 0 spiro atoms. The van der Waals surface area contributed by atoms with Crippen LogP contribution in [0, 0.1) is 12.8 Å². The molecule has 7 nitrogen and oxygen atoms in total. The summed E-state index contributed by atoms with van der Waals surface area (Å²) in [6.07, 6.45) is 5.69. The van der Waals surface area contributed by atoms with E-state index in [1.54, 1.807) is 28.4 Å². The normalized spacial score (nSPS) is 15.4. The molecule has 1 fully saturated rings. The lowest BCUT2D eigenvalue weighted by atomic mass is 10.2. The van der Waals surface area contributed by atoms with E-state index in [2.05, 4.69) is 25.7 Å². The van der Waals surface area contributed by atoms with Crippen molar-refractivity contribution in [1.82, 2.24) is 25.1 Å². The molecule has 1 aliphatic rings. The van der Waals surface area contributed by atoms with Crippen molar-refractivity contribution in [2.24, 2.45) is 13.0 Å². The standard InChI is InChI=1S/C16H18N6OS/c1-9-12-7-11(8-18-14(12)22(2)21-9)19-16(23)20-13(10-3-4-10)15-17-5-6-24-15/h5-8,10,13H,3-4H2,1-2H3,(H2,19,20,23). The van der Waals surface area contributed by atoms with Crippen molar-refractivity contribution in [1.29, 1.82) is 0 Å². The number of fused-ring (bicyclic) bond motifs is 1. The number of urea groups is 1. The molecule has 3 heterocycles. The highest BCUT2D eigenvalue weighted by Crippen LogP contribution is 2.41. The van der Waals surface area contributed by atoms with Crippen LogP contribution < -0.4 is 10.6 Å². The SMILES string of the molecule is Cc1nn(C)c2ncc(NC(=O)NC(c3nccs3)C3CC3)cc12. The average Bonchev–Trinajstić information content (AvgIpc) is 3.17. The van der Waals surface area contributed by atoms with Gasteiger partial charge in [0.25, 0.3) is 0 Å². The van der Waals surface area contributed by atoms with E-state index < -0.39 is 0 Å². The third-order valence-corrected chi connectivity index (χ3v) is 5.08. The smallest absolute Gasteiger partial charge is 0.319 e. The first-order valence-corrected chi connectivity index (χ1v) is 8.76. The molecule has 3 aromatic rings. The van der Waals surface area contributed by atoms with Crippen LogP contribution in [-0.2, 0) is 7.05 Å². The van der Waals surface area contributed by atoms with Crippen LogP contribution >= 0.6 is 11.3 Å². The van der Waals surface area contributed by atoms with Crippen molar-refractivity contribution >= 4 is 34.1 Å². The summed E-state index contributed by atoms with van der Waals surface area (Å²) in [5.41, 5.74) is 2.35. The molecule has 1 aliphatic carbocycles. The minimum Gasteiger partial charge on any atom is -0.328 e. The van der Waals surface area contributed by atoms with E-state index in [0.717, 1.165) is 34.6 Å². The molecule has 24 heavy (non-hydrogen) atoms. The zero-order valence-electron chi connectivity index (χ0n) is 13.5. The third kappa shape index (κ3) is 2.84. The number of nitrogens with one attached hydrogen (secondary N) is 2. The summed E-state index contributed by atoms with van der Waals surface area (Å²) in [5.74, 6) is 0.489. The molecule has 0 aliphatic heterocycles. The summed E-state index contributed by atoms with van der Waals surface area (Å²) in [5, 5.41) is 14.1. The fourth-order valence-electron chi connectivity index (χ4n) is 2.88. The summed E-state index contributed by atoms with van der Waals surface area (Å²) in [4.78, 5) is 21.1. The second-order valence-corrected chi connectivity index (χ2v) is 7.01. The topological polar surface area (TPSA) is 84.7 Å². The largest absolute Gasteiger partial charge is 0.328 e. The van der Waals surface area contributed by atoms with Gasteiger partial charge in [-0.1, -0.05) is 0 Å². The number of anilines is 1. The number of hydrogen-bond acceptors (Lipinski definition) is 5. The van der Waals surface area contributed by atoms with Gasteiger partial charge < -0.3 is 10.6 Å². The van der Waals surface area contributed by atoms with E-state index in [9.17, 15) is 4.79 Å². The predicted octanol–water partition coefficient (Wildman–Crippen LogP) is 3.01. The Morgan fingerprint density at radius 1 is 1.42 bits per heavy atom. The summed E-state index contributed by atoms with van der Waals surface area (Å²) < 4.78 is 1.74. The Bertz CT molecular complexity index is 883. The lowest BCUT2D eigenvalue weighted by Gasteiger charge is -2.16. The number of nitrogens with zero attached hydrogens (tertiary/aromatic N) is 4. The zero-order valence-corrected chi connectivity index (χ0v) is 14.3. The Kier molecular flexibility index (Phi) is 3.68. The van der Waals surface area contributed by atoms with Crippen molar-refractivity contribution in [3.63, 3.8) is 0 Å². The number of amides is 2. The molecule has 2 N–H and O–H groups in total. The van der Waals surface area contributed by atoms with Crippen molar-refractivity contribution < 1.29 is 4.79 Å². The lowest BCUT2D eigenvalue weighted by molar-refractivity contribution is 0.247. The molecule has 4 rings (SSSR count). The number of aryl methyl sites for hydroxylation is 2. The second-order valence-electron chi connectivity index (χ2n) is 6.09. The third-order valence-electron chi connectivity index (χ3n) is 4.22. The summed E-state index contributed by atoms with van der Waals surface area (Å²) in [6, 6.07) is 1.66. The van der Waals surface area contributed by atoms with Crippen molar-refractivity contribution in [2.45, 2.75) is 25.8 Å². The molecule has 0 radical (unpaired) electrons. The number of thiazole rings is 1. The number of pyridine rings is 1. The van der Waals surface area contributed by atoms with Gasteiger partial charge in [-0.25, -0.2) is 14.8 Å². The van der Waals surface area contributed by atoms with Crippen LogP contribution in [0.15, 0.2) is 23.8 Å². The van der Waals surface area contributed by atoms with Gasteiger partial charge in [-0.05, 0) is 31.7 Å². The maximum Gasteiger partial charge on any atom is 0.319 e. The van der Waals surface area contributed by atoms with E-state index in [1.165, 1.54) is 0 Å². The Morgan fingerprint density at radius 2 is 2.25 bits per heavy atom. The number of carbonyl (C=O) groups is 1. The summed E-state index contributed by atoms with van der Waals surface area (Å²) >= 11 is 1.58.